The van der Waals surface area contributed by atoms with Crippen molar-refractivity contribution >= 4 is 5.97 Å². The summed E-state index contributed by atoms with van der Waals surface area (Å²) in [6.45, 7) is 1.24. The molecule has 1 aromatic carbocycles. The van der Waals surface area contributed by atoms with Crippen molar-refractivity contribution in [1.82, 2.24) is 5.32 Å². The van der Waals surface area contributed by atoms with Crippen molar-refractivity contribution in [3.8, 4) is 0 Å². The van der Waals surface area contributed by atoms with Gasteiger partial charge in [0.15, 0.2) is 6.10 Å². The van der Waals surface area contributed by atoms with Crippen LogP contribution in [-0.2, 0) is 16.1 Å². The van der Waals surface area contributed by atoms with E-state index in [1.54, 1.807) is 12.1 Å². The third-order valence-corrected chi connectivity index (χ3v) is 3.00. The number of hydrogen-bond donors (Lipinski definition) is 2. The number of carboxylic acids is 1. The van der Waals surface area contributed by atoms with Crippen LogP contribution in [0.15, 0.2) is 24.3 Å². The van der Waals surface area contributed by atoms with Crippen LogP contribution in [0, 0.1) is 5.82 Å². The minimum absolute atomic E-state index is 0.0495. The Bertz CT molecular complexity index is 407. The van der Waals surface area contributed by atoms with E-state index in [2.05, 4.69) is 5.32 Å². The second-order valence-corrected chi connectivity index (χ2v) is 4.42. The zero-order valence-corrected chi connectivity index (χ0v) is 9.93. The molecule has 2 rings (SSSR count). The number of carbonyl (C=O) groups is 1. The van der Waals surface area contributed by atoms with Gasteiger partial charge in [-0.15, -0.1) is 0 Å². The van der Waals surface area contributed by atoms with E-state index in [9.17, 15) is 9.18 Å². The first-order valence-electron chi connectivity index (χ1n) is 5.98. The van der Waals surface area contributed by atoms with E-state index in [0.717, 1.165) is 12.0 Å². The molecule has 2 N–H and O–H groups in total. The molecule has 1 heterocycles. The van der Waals surface area contributed by atoms with Gasteiger partial charge in [0.2, 0.25) is 0 Å². The number of hydrogen-bond acceptors (Lipinski definition) is 3. The zero-order valence-electron chi connectivity index (χ0n) is 9.93. The van der Waals surface area contributed by atoms with Crippen LogP contribution < -0.4 is 5.32 Å². The van der Waals surface area contributed by atoms with Gasteiger partial charge in [-0.05, 0) is 30.5 Å². The number of benzene rings is 1. The molecule has 0 spiro atoms. The second kappa shape index (κ2) is 5.93. The van der Waals surface area contributed by atoms with Gasteiger partial charge in [0.1, 0.15) is 5.82 Å². The summed E-state index contributed by atoms with van der Waals surface area (Å²) in [4.78, 5) is 10.7. The highest BCUT2D eigenvalue weighted by molar-refractivity contribution is 5.72. The average Bonchev–Trinajstić information content (AvgIpc) is 2.81. The molecule has 2 atom stereocenters. The van der Waals surface area contributed by atoms with Crippen LogP contribution >= 0.6 is 0 Å². The second-order valence-electron chi connectivity index (χ2n) is 4.42. The lowest BCUT2D eigenvalue weighted by molar-refractivity contribution is -0.149. The van der Waals surface area contributed by atoms with Crippen molar-refractivity contribution in [1.29, 1.82) is 0 Å². The van der Waals surface area contributed by atoms with Crippen molar-refractivity contribution in [2.75, 3.05) is 6.54 Å². The van der Waals surface area contributed by atoms with Gasteiger partial charge < -0.3 is 15.2 Å². The Labute approximate surface area is 105 Å². The van der Waals surface area contributed by atoms with Gasteiger partial charge in [-0.3, -0.25) is 0 Å². The van der Waals surface area contributed by atoms with Gasteiger partial charge in [-0.2, -0.15) is 0 Å². The van der Waals surface area contributed by atoms with E-state index in [-0.39, 0.29) is 11.9 Å². The monoisotopic (exact) mass is 253 g/mol. The molecule has 98 valence electrons. The highest BCUT2D eigenvalue weighted by Crippen LogP contribution is 2.19. The summed E-state index contributed by atoms with van der Waals surface area (Å²) in [6, 6.07) is 6.28. The fraction of sp³-hybridized carbons (Fsp3) is 0.462. The quantitative estimate of drug-likeness (QED) is 0.836. The van der Waals surface area contributed by atoms with Crippen molar-refractivity contribution in [2.24, 2.45) is 0 Å². The predicted molar refractivity (Wildman–Crippen MR) is 63.6 cm³/mol. The van der Waals surface area contributed by atoms with Gasteiger partial charge in [0.25, 0.3) is 0 Å². The Kier molecular flexibility index (Phi) is 4.28. The van der Waals surface area contributed by atoms with E-state index in [1.807, 2.05) is 0 Å². The Balaban J connectivity index is 1.70. The maximum Gasteiger partial charge on any atom is 0.332 e. The molecule has 1 saturated heterocycles. The van der Waals surface area contributed by atoms with Crippen LogP contribution in [0.3, 0.4) is 0 Å². The first kappa shape index (κ1) is 13.0. The van der Waals surface area contributed by atoms with E-state index in [0.29, 0.717) is 19.5 Å². The van der Waals surface area contributed by atoms with Crippen LogP contribution in [-0.4, -0.2) is 29.8 Å². The average molecular weight is 253 g/mol. The summed E-state index contributed by atoms with van der Waals surface area (Å²) in [7, 11) is 0. The van der Waals surface area contributed by atoms with Crippen molar-refractivity contribution < 1.29 is 19.0 Å². The third kappa shape index (κ3) is 3.51. The highest BCUT2D eigenvalue weighted by atomic mass is 19.1. The molecule has 1 fully saturated rings. The Morgan fingerprint density at radius 1 is 1.39 bits per heavy atom. The first-order chi connectivity index (χ1) is 8.65. The van der Waals surface area contributed by atoms with Crippen LogP contribution in [0.2, 0.25) is 0 Å². The van der Waals surface area contributed by atoms with Gasteiger partial charge in [0, 0.05) is 13.1 Å². The molecule has 0 radical (unpaired) electrons. The van der Waals surface area contributed by atoms with Crippen LogP contribution in [0.4, 0.5) is 4.39 Å². The van der Waals surface area contributed by atoms with Gasteiger partial charge in [-0.25, -0.2) is 9.18 Å². The Morgan fingerprint density at radius 3 is 2.72 bits per heavy atom. The maximum atomic E-state index is 12.7. The first-order valence-corrected chi connectivity index (χ1v) is 5.98. The minimum atomic E-state index is -0.893. The number of nitrogens with one attached hydrogen (secondary N) is 1. The summed E-state index contributed by atoms with van der Waals surface area (Å²) >= 11 is 0. The molecule has 0 amide bonds. The lowest BCUT2D eigenvalue weighted by atomic mass is 10.2. The molecular weight excluding hydrogens is 237 g/mol. The smallest absolute Gasteiger partial charge is 0.332 e. The fourth-order valence-corrected chi connectivity index (χ4v) is 2.02. The number of halogens is 1. The molecule has 0 aromatic heterocycles. The summed E-state index contributed by atoms with van der Waals surface area (Å²) in [5, 5.41) is 12.0. The van der Waals surface area contributed by atoms with E-state index >= 15 is 0 Å². The number of aliphatic carboxylic acids is 1. The molecule has 2 unspecified atom stereocenters. The normalized spacial score (nSPS) is 23.2. The molecule has 1 aliphatic heterocycles. The van der Waals surface area contributed by atoms with E-state index < -0.39 is 12.1 Å². The molecule has 1 aliphatic rings. The topological polar surface area (TPSA) is 58.6 Å². The summed E-state index contributed by atoms with van der Waals surface area (Å²) < 4.78 is 18.0. The molecule has 18 heavy (non-hydrogen) atoms. The molecule has 0 bridgehead atoms. The highest BCUT2D eigenvalue weighted by Gasteiger charge is 2.29. The molecule has 5 heteroatoms. The SMILES string of the molecule is O=C(O)C1CCC(CNCc2ccc(F)cc2)O1. The van der Waals surface area contributed by atoms with E-state index in [4.69, 9.17) is 9.84 Å². The van der Waals surface area contributed by atoms with Crippen molar-refractivity contribution in [3.63, 3.8) is 0 Å². The predicted octanol–water partition coefficient (Wildman–Crippen LogP) is 1.55. The maximum absolute atomic E-state index is 12.7. The molecule has 4 nitrogen and oxygen atoms in total. The Morgan fingerprint density at radius 2 is 2.11 bits per heavy atom. The van der Waals surface area contributed by atoms with Crippen LogP contribution in [0.25, 0.3) is 0 Å². The minimum Gasteiger partial charge on any atom is -0.479 e. The third-order valence-electron chi connectivity index (χ3n) is 3.00. The number of rotatable bonds is 5. The summed E-state index contributed by atoms with van der Waals surface area (Å²) in [5.41, 5.74) is 0.990. The lowest BCUT2D eigenvalue weighted by Crippen LogP contribution is -2.28. The molecular formula is C13H16FNO3. The Hall–Kier alpha value is -1.46. The lowest BCUT2D eigenvalue weighted by Gasteiger charge is -2.12. The van der Waals surface area contributed by atoms with Gasteiger partial charge >= 0.3 is 5.97 Å². The zero-order chi connectivity index (χ0) is 13.0. The van der Waals surface area contributed by atoms with Crippen LogP contribution in [0.5, 0.6) is 0 Å². The molecule has 1 aromatic rings. The largest absolute Gasteiger partial charge is 0.479 e. The van der Waals surface area contributed by atoms with E-state index in [1.165, 1.54) is 12.1 Å². The van der Waals surface area contributed by atoms with Gasteiger partial charge in [0.05, 0.1) is 6.10 Å². The number of ether oxygens (including phenoxy) is 1. The van der Waals surface area contributed by atoms with Gasteiger partial charge in [-0.1, -0.05) is 12.1 Å². The molecule has 0 aliphatic carbocycles. The number of carboxylic acid groups (broad SMARTS) is 1. The standard InChI is InChI=1S/C13H16FNO3/c14-10-3-1-9(2-4-10)7-15-8-11-5-6-12(18-11)13(16)17/h1-4,11-12,15H,5-8H2,(H,16,17). The fourth-order valence-electron chi connectivity index (χ4n) is 2.02. The molecule has 0 saturated carbocycles. The summed E-state index contributed by atoms with van der Waals surface area (Å²) in [6.07, 6.45) is 0.611. The summed E-state index contributed by atoms with van der Waals surface area (Å²) in [5.74, 6) is -1.14. The van der Waals surface area contributed by atoms with Crippen LogP contribution in [0.1, 0.15) is 18.4 Å². The van der Waals surface area contributed by atoms with Crippen molar-refractivity contribution in [3.05, 3.63) is 35.6 Å². The van der Waals surface area contributed by atoms with Crippen molar-refractivity contribution in [2.45, 2.75) is 31.6 Å².